The number of hydrogen-bond acceptors (Lipinski definition) is 4. The topological polar surface area (TPSA) is 75.4 Å². The molecule has 1 aromatic heterocycles. The minimum atomic E-state index is -0.713. The second-order valence-corrected chi connectivity index (χ2v) is 4.48. The molecule has 0 radical (unpaired) electrons. The summed E-state index contributed by atoms with van der Waals surface area (Å²) in [4.78, 5) is 10.6. The van der Waals surface area contributed by atoms with Crippen molar-refractivity contribution in [3.8, 4) is 0 Å². The Bertz CT molecular complexity index is 325. The zero-order chi connectivity index (χ0) is 12.7. The molecule has 0 aliphatic heterocycles. The van der Waals surface area contributed by atoms with Crippen molar-refractivity contribution in [1.82, 2.24) is 10.5 Å². The summed E-state index contributed by atoms with van der Waals surface area (Å²) >= 11 is 0. The van der Waals surface area contributed by atoms with E-state index in [1.165, 1.54) is 0 Å². The second kappa shape index (κ2) is 7.06. The number of carbonyl (C=O) groups is 1. The molecule has 1 heterocycles. The SMILES string of the molecule is CC(CCCC(C)C(=O)O)NCc1cnoc1. The average molecular weight is 240 g/mol. The summed E-state index contributed by atoms with van der Waals surface area (Å²) in [6.07, 6.45) is 5.93. The lowest BCUT2D eigenvalue weighted by Gasteiger charge is -2.13. The van der Waals surface area contributed by atoms with Gasteiger partial charge in [0, 0.05) is 18.2 Å². The zero-order valence-electron chi connectivity index (χ0n) is 10.3. The van der Waals surface area contributed by atoms with Crippen LogP contribution in [0, 0.1) is 5.92 Å². The fourth-order valence-corrected chi connectivity index (χ4v) is 1.56. The predicted octanol–water partition coefficient (Wildman–Crippen LogP) is 2.04. The van der Waals surface area contributed by atoms with Gasteiger partial charge in [-0.3, -0.25) is 4.79 Å². The highest BCUT2D eigenvalue weighted by molar-refractivity contribution is 5.69. The maximum absolute atomic E-state index is 10.6. The molecule has 2 N–H and O–H groups in total. The summed E-state index contributed by atoms with van der Waals surface area (Å²) < 4.78 is 4.73. The smallest absolute Gasteiger partial charge is 0.306 e. The van der Waals surface area contributed by atoms with E-state index >= 15 is 0 Å². The number of aromatic nitrogens is 1. The van der Waals surface area contributed by atoms with Gasteiger partial charge in [0.2, 0.25) is 0 Å². The van der Waals surface area contributed by atoms with Gasteiger partial charge in [-0.2, -0.15) is 0 Å². The van der Waals surface area contributed by atoms with E-state index in [4.69, 9.17) is 9.63 Å². The summed E-state index contributed by atoms with van der Waals surface area (Å²) in [5.74, 6) is -0.963. The van der Waals surface area contributed by atoms with Crippen LogP contribution in [0.15, 0.2) is 17.0 Å². The van der Waals surface area contributed by atoms with Gasteiger partial charge in [-0.15, -0.1) is 0 Å². The molecule has 0 saturated carbocycles. The standard InChI is InChI=1S/C12H20N2O3/c1-9(12(15)16)4-3-5-10(2)13-6-11-7-14-17-8-11/h7-10,13H,3-6H2,1-2H3,(H,15,16). The van der Waals surface area contributed by atoms with Crippen molar-refractivity contribution >= 4 is 5.97 Å². The van der Waals surface area contributed by atoms with E-state index in [0.717, 1.165) is 31.4 Å². The Hall–Kier alpha value is -1.36. The van der Waals surface area contributed by atoms with E-state index in [-0.39, 0.29) is 5.92 Å². The molecule has 17 heavy (non-hydrogen) atoms. The summed E-state index contributed by atoms with van der Waals surface area (Å²) in [6.45, 7) is 4.58. The quantitative estimate of drug-likeness (QED) is 0.727. The van der Waals surface area contributed by atoms with E-state index in [1.54, 1.807) is 19.4 Å². The highest BCUT2D eigenvalue weighted by Crippen LogP contribution is 2.10. The van der Waals surface area contributed by atoms with E-state index in [2.05, 4.69) is 17.4 Å². The molecule has 0 bridgehead atoms. The zero-order valence-corrected chi connectivity index (χ0v) is 10.3. The Balaban J connectivity index is 2.09. The molecule has 96 valence electrons. The number of aliphatic carboxylic acids is 1. The van der Waals surface area contributed by atoms with Crippen molar-refractivity contribution < 1.29 is 14.4 Å². The molecule has 0 amide bonds. The fraction of sp³-hybridized carbons (Fsp3) is 0.667. The molecular formula is C12H20N2O3. The van der Waals surface area contributed by atoms with E-state index in [0.29, 0.717) is 6.04 Å². The first-order valence-electron chi connectivity index (χ1n) is 5.94. The maximum atomic E-state index is 10.6. The highest BCUT2D eigenvalue weighted by atomic mass is 16.5. The van der Waals surface area contributed by atoms with Crippen molar-refractivity contribution in [2.45, 2.75) is 45.7 Å². The molecule has 1 aromatic rings. The van der Waals surface area contributed by atoms with Crippen LogP contribution in [0.2, 0.25) is 0 Å². The minimum Gasteiger partial charge on any atom is -0.481 e. The Morgan fingerprint density at radius 1 is 1.53 bits per heavy atom. The lowest BCUT2D eigenvalue weighted by Crippen LogP contribution is -2.25. The number of nitrogens with zero attached hydrogens (tertiary/aromatic N) is 1. The van der Waals surface area contributed by atoms with Gasteiger partial charge >= 0.3 is 5.97 Å². The first-order chi connectivity index (χ1) is 8.09. The van der Waals surface area contributed by atoms with Crippen LogP contribution in [0.4, 0.5) is 0 Å². The van der Waals surface area contributed by atoms with Crippen molar-refractivity contribution in [3.63, 3.8) is 0 Å². The van der Waals surface area contributed by atoms with E-state index in [1.807, 2.05) is 0 Å². The molecule has 0 spiro atoms. The third kappa shape index (κ3) is 5.49. The van der Waals surface area contributed by atoms with Crippen molar-refractivity contribution in [1.29, 1.82) is 0 Å². The molecule has 1 rings (SSSR count). The molecule has 0 aromatic carbocycles. The highest BCUT2D eigenvalue weighted by Gasteiger charge is 2.11. The lowest BCUT2D eigenvalue weighted by molar-refractivity contribution is -0.141. The molecule has 0 fully saturated rings. The predicted molar refractivity (Wildman–Crippen MR) is 63.5 cm³/mol. The summed E-state index contributed by atoms with van der Waals surface area (Å²) in [7, 11) is 0. The molecule has 0 aliphatic rings. The largest absolute Gasteiger partial charge is 0.481 e. The van der Waals surface area contributed by atoms with Gasteiger partial charge in [-0.1, -0.05) is 18.5 Å². The van der Waals surface area contributed by atoms with Gasteiger partial charge < -0.3 is 14.9 Å². The number of carboxylic acid groups (broad SMARTS) is 1. The molecule has 5 nitrogen and oxygen atoms in total. The van der Waals surface area contributed by atoms with Crippen LogP contribution in [0.5, 0.6) is 0 Å². The van der Waals surface area contributed by atoms with Crippen LogP contribution in [-0.4, -0.2) is 22.3 Å². The van der Waals surface area contributed by atoms with Gasteiger partial charge in [0.1, 0.15) is 6.26 Å². The van der Waals surface area contributed by atoms with Crippen LogP contribution >= 0.6 is 0 Å². The van der Waals surface area contributed by atoms with E-state index < -0.39 is 5.97 Å². The monoisotopic (exact) mass is 240 g/mol. The van der Waals surface area contributed by atoms with Crippen LogP contribution in [0.1, 0.15) is 38.7 Å². The Labute approximate surface area is 101 Å². The van der Waals surface area contributed by atoms with Crippen LogP contribution in [0.25, 0.3) is 0 Å². The van der Waals surface area contributed by atoms with Crippen LogP contribution < -0.4 is 5.32 Å². The van der Waals surface area contributed by atoms with Crippen molar-refractivity contribution in [2.24, 2.45) is 5.92 Å². The van der Waals surface area contributed by atoms with Crippen molar-refractivity contribution in [3.05, 3.63) is 18.0 Å². The van der Waals surface area contributed by atoms with Crippen molar-refractivity contribution in [2.75, 3.05) is 0 Å². The molecule has 5 heteroatoms. The number of rotatable bonds is 8. The van der Waals surface area contributed by atoms with Gasteiger partial charge in [-0.05, 0) is 19.8 Å². The van der Waals surface area contributed by atoms with Gasteiger partial charge in [0.15, 0.2) is 0 Å². The summed E-state index contributed by atoms with van der Waals surface area (Å²) in [5.41, 5.74) is 1.02. The average Bonchev–Trinajstić information content (AvgIpc) is 2.78. The third-order valence-electron chi connectivity index (χ3n) is 2.83. The lowest BCUT2D eigenvalue weighted by atomic mass is 10.0. The molecule has 0 aliphatic carbocycles. The number of hydrogen-bond donors (Lipinski definition) is 2. The van der Waals surface area contributed by atoms with E-state index in [9.17, 15) is 4.79 Å². The van der Waals surface area contributed by atoms with Crippen LogP contribution in [0.3, 0.4) is 0 Å². The molecular weight excluding hydrogens is 220 g/mol. The normalized spacial score (nSPS) is 14.5. The first kappa shape index (κ1) is 13.7. The maximum Gasteiger partial charge on any atom is 0.306 e. The third-order valence-corrected chi connectivity index (χ3v) is 2.83. The second-order valence-electron chi connectivity index (χ2n) is 4.48. The Morgan fingerprint density at radius 3 is 2.88 bits per heavy atom. The molecule has 2 unspecified atom stereocenters. The Kier molecular flexibility index (Phi) is 5.69. The fourth-order valence-electron chi connectivity index (χ4n) is 1.56. The molecule has 2 atom stereocenters. The first-order valence-corrected chi connectivity index (χ1v) is 5.94. The minimum absolute atomic E-state index is 0.250. The van der Waals surface area contributed by atoms with Gasteiger partial charge in [0.25, 0.3) is 0 Å². The van der Waals surface area contributed by atoms with Gasteiger partial charge in [-0.25, -0.2) is 0 Å². The molecule has 0 saturated heterocycles. The summed E-state index contributed by atoms with van der Waals surface area (Å²) in [6, 6.07) is 0.367. The Morgan fingerprint density at radius 2 is 2.29 bits per heavy atom. The summed E-state index contributed by atoms with van der Waals surface area (Å²) in [5, 5.41) is 15.7. The van der Waals surface area contributed by atoms with Crippen LogP contribution in [-0.2, 0) is 11.3 Å². The number of carboxylic acids is 1. The number of nitrogens with one attached hydrogen (secondary N) is 1. The van der Waals surface area contributed by atoms with Gasteiger partial charge in [0.05, 0.1) is 12.1 Å².